The van der Waals surface area contributed by atoms with Crippen molar-refractivity contribution in [1.29, 1.82) is 0 Å². The van der Waals surface area contributed by atoms with E-state index in [1.807, 2.05) is 0 Å². The number of aromatic hydroxyl groups is 1. The third-order valence-electron chi connectivity index (χ3n) is 2.64. The first-order valence-electron chi connectivity index (χ1n) is 5.65. The van der Waals surface area contributed by atoms with Crippen LogP contribution in [-0.2, 0) is 0 Å². The molecule has 8 heteroatoms. The smallest absolute Gasteiger partial charge is 0.274 e. The molecular formula is C13H9Br3N2O3. The van der Waals surface area contributed by atoms with Gasteiger partial charge in [0.2, 0.25) is 0 Å². The lowest BCUT2D eigenvalue weighted by Crippen LogP contribution is -2.17. The Hall–Kier alpha value is -1.12. The molecule has 0 saturated carbocycles. The predicted molar refractivity (Wildman–Crippen MR) is 89.7 cm³/mol. The van der Waals surface area contributed by atoms with Gasteiger partial charge in [-0.2, -0.15) is 5.10 Å². The molecule has 2 aromatic rings. The van der Waals surface area contributed by atoms with Crippen molar-refractivity contribution in [2.24, 2.45) is 5.10 Å². The number of benzene rings is 1. The zero-order valence-corrected chi connectivity index (χ0v) is 15.4. The Kier molecular flexibility index (Phi) is 5.23. The number of aryl methyl sites for hydroxylation is 1. The second kappa shape index (κ2) is 6.76. The number of furan rings is 1. The van der Waals surface area contributed by atoms with Gasteiger partial charge >= 0.3 is 0 Å². The van der Waals surface area contributed by atoms with Gasteiger partial charge in [-0.25, -0.2) is 5.43 Å². The number of carbonyl (C=O) groups excluding carboxylic acids is 1. The summed E-state index contributed by atoms with van der Waals surface area (Å²) in [7, 11) is 0. The second-order valence-corrected chi connectivity index (χ2v) is 6.51. The molecule has 2 N–H and O–H groups in total. The normalized spacial score (nSPS) is 11.0. The van der Waals surface area contributed by atoms with Crippen LogP contribution in [0.1, 0.15) is 21.7 Å². The van der Waals surface area contributed by atoms with E-state index in [0.29, 0.717) is 30.3 Å². The van der Waals surface area contributed by atoms with Gasteiger partial charge in [0.25, 0.3) is 5.91 Å². The van der Waals surface area contributed by atoms with Crippen LogP contribution in [0.15, 0.2) is 41.3 Å². The van der Waals surface area contributed by atoms with Gasteiger partial charge in [-0.15, -0.1) is 0 Å². The average molecular weight is 481 g/mol. The van der Waals surface area contributed by atoms with Crippen LogP contribution >= 0.6 is 47.8 Å². The highest BCUT2D eigenvalue weighted by Crippen LogP contribution is 2.38. The molecule has 2 rings (SSSR count). The van der Waals surface area contributed by atoms with Gasteiger partial charge in [0.15, 0.2) is 0 Å². The summed E-state index contributed by atoms with van der Waals surface area (Å²) in [6.07, 6.45) is 2.86. The largest absolute Gasteiger partial charge is 0.506 e. The molecular weight excluding hydrogens is 472 g/mol. The van der Waals surface area contributed by atoms with Gasteiger partial charge in [0, 0.05) is 10.0 Å². The van der Waals surface area contributed by atoms with Crippen LogP contribution in [0.5, 0.6) is 5.75 Å². The van der Waals surface area contributed by atoms with Crippen molar-refractivity contribution in [1.82, 2.24) is 5.43 Å². The molecule has 0 atom stereocenters. The molecule has 1 aromatic heterocycles. The highest BCUT2D eigenvalue weighted by atomic mass is 79.9. The Balaban J connectivity index is 2.18. The van der Waals surface area contributed by atoms with Crippen molar-refractivity contribution in [3.63, 3.8) is 0 Å². The fourth-order valence-corrected chi connectivity index (χ4v) is 3.87. The number of halogens is 3. The Morgan fingerprint density at radius 3 is 2.71 bits per heavy atom. The molecule has 0 fully saturated rings. The molecule has 1 amide bonds. The number of phenolic OH excluding ortho intramolecular Hbond substituents is 1. The number of hydrazone groups is 1. The molecule has 0 radical (unpaired) electrons. The minimum absolute atomic E-state index is 0.0525. The van der Waals surface area contributed by atoms with E-state index in [2.05, 4.69) is 58.3 Å². The van der Waals surface area contributed by atoms with E-state index in [0.717, 1.165) is 0 Å². The first-order chi connectivity index (χ1) is 9.91. The fourth-order valence-electron chi connectivity index (χ4n) is 1.55. The summed E-state index contributed by atoms with van der Waals surface area (Å²) in [5, 5.41) is 13.7. The SMILES string of the molecule is Cc1occc1C(=O)N/N=C\c1c(Br)cc(Br)c(O)c1Br. The van der Waals surface area contributed by atoms with Crippen molar-refractivity contribution in [2.45, 2.75) is 6.92 Å². The Labute approximate surface area is 145 Å². The molecule has 0 spiro atoms. The standard InChI is InChI=1S/C13H9Br3N2O3/c1-6-7(2-3-21-6)13(20)18-17-5-8-9(14)4-10(15)12(19)11(8)16/h2-5,19H,1H3,(H,18,20)/b17-5-. The highest BCUT2D eigenvalue weighted by molar-refractivity contribution is 9.11. The number of phenols is 1. The van der Waals surface area contributed by atoms with Crippen molar-refractivity contribution in [3.05, 3.63) is 48.7 Å². The zero-order valence-electron chi connectivity index (χ0n) is 10.7. The molecule has 110 valence electrons. The van der Waals surface area contributed by atoms with E-state index in [9.17, 15) is 9.90 Å². The number of nitrogens with one attached hydrogen (secondary N) is 1. The molecule has 1 heterocycles. The lowest BCUT2D eigenvalue weighted by Gasteiger charge is -2.06. The van der Waals surface area contributed by atoms with Crippen LogP contribution in [0.2, 0.25) is 0 Å². The van der Waals surface area contributed by atoms with Crippen LogP contribution in [-0.4, -0.2) is 17.2 Å². The maximum atomic E-state index is 11.8. The summed E-state index contributed by atoms with van der Waals surface area (Å²) in [5.41, 5.74) is 3.42. The third kappa shape index (κ3) is 3.56. The molecule has 0 aliphatic rings. The van der Waals surface area contributed by atoms with Gasteiger partial charge in [0.1, 0.15) is 11.5 Å². The van der Waals surface area contributed by atoms with Crippen LogP contribution < -0.4 is 5.43 Å². The van der Waals surface area contributed by atoms with Gasteiger partial charge in [-0.3, -0.25) is 4.79 Å². The predicted octanol–water partition coefficient (Wildman–Crippen LogP) is 4.35. The molecule has 5 nitrogen and oxygen atoms in total. The maximum Gasteiger partial charge on any atom is 0.274 e. The number of carbonyl (C=O) groups is 1. The van der Waals surface area contributed by atoms with Crippen LogP contribution in [0, 0.1) is 6.92 Å². The first-order valence-corrected chi connectivity index (χ1v) is 8.03. The van der Waals surface area contributed by atoms with Gasteiger partial charge in [0.05, 0.1) is 27.0 Å². The molecule has 0 aliphatic carbocycles. The lowest BCUT2D eigenvalue weighted by atomic mass is 10.2. The van der Waals surface area contributed by atoms with Crippen LogP contribution in [0.4, 0.5) is 0 Å². The summed E-state index contributed by atoms with van der Waals surface area (Å²) in [4.78, 5) is 11.8. The van der Waals surface area contributed by atoms with E-state index >= 15 is 0 Å². The summed E-state index contributed by atoms with van der Waals surface area (Å²) >= 11 is 9.85. The summed E-state index contributed by atoms with van der Waals surface area (Å²) in [5.74, 6) is 0.203. The molecule has 0 aliphatic heterocycles. The van der Waals surface area contributed by atoms with Crippen LogP contribution in [0.25, 0.3) is 0 Å². The van der Waals surface area contributed by atoms with Crippen molar-refractivity contribution < 1.29 is 14.3 Å². The van der Waals surface area contributed by atoms with Crippen molar-refractivity contribution in [3.8, 4) is 5.75 Å². The van der Waals surface area contributed by atoms with E-state index in [4.69, 9.17) is 4.42 Å². The van der Waals surface area contributed by atoms with Crippen LogP contribution in [0.3, 0.4) is 0 Å². The monoisotopic (exact) mass is 478 g/mol. The third-order valence-corrected chi connectivity index (χ3v) is 4.71. The lowest BCUT2D eigenvalue weighted by molar-refractivity contribution is 0.0953. The minimum Gasteiger partial charge on any atom is -0.506 e. The van der Waals surface area contributed by atoms with Gasteiger partial charge < -0.3 is 9.52 Å². The fraction of sp³-hybridized carbons (Fsp3) is 0.0769. The quantitative estimate of drug-likeness (QED) is 0.507. The van der Waals surface area contributed by atoms with E-state index < -0.39 is 0 Å². The molecule has 1 aromatic carbocycles. The van der Waals surface area contributed by atoms with Gasteiger partial charge in [-0.05, 0) is 50.9 Å². The Morgan fingerprint density at radius 2 is 2.10 bits per heavy atom. The van der Waals surface area contributed by atoms with E-state index in [1.165, 1.54) is 12.5 Å². The number of rotatable bonds is 3. The summed E-state index contributed by atoms with van der Waals surface area (Å²) in [6, 6.07) is 3.25. The van der Waals surface area contributed by atoms with E-state index in [-0.39, 0.29) is 11.7 Å². The Morgan fingerprint density at radius 1 is 1.38 bits per heavy atom. The highest BCUT2D eigenvalue weighted by Gasteiger charge is 2.13. The average Bonchev–Trinajstić information content (AvgIpc) is 2.86. The maximum absolute atomic E-state index is 11.8. The molecule has 21 heavy (non-hydrogen) atoms. The summed E-state index contributed by atoms with van der Waals surface area (Å²) < 4.78 is 6.75. The van der Waals surface area contributed by atoms with Gasteiger partial charge in [-0.1, -0.05) is 15.9 Å². The second-order valence-electron chi connectivity index (χ2n) is 4.01. The molecule has 0 saturated heterocycles. The zero-order chi connectivity index (χ0) is 15.6. The molecule has 0 bridgehead atoms. The molecule has 0 unspecified atom stereocenters. The number of hydrogen-bond acceptors (Lipinski definition) is 4. The summed E-state index contributed by atoms with van der Waals surface area (Å²) in [6.45, 7) is 1.69. The number of hydrogen-bond donors (Lipinski definition) is 2. The van der Waals surface area contributed by atoms with Crippen molar-refractivity contribution in [2.75, 3.05) is 0 Å². The number of nitrogens with zero attached hydrogens (tertiary/aromatic N) is 1. The van der Waals surface area contributed by atoms with E-state index in [1.54, 1.807) is 19.1 Å². The Bertz CT molecular complexity index is 726. The number of amides is 1. The first kappa shape index (κ1) is 16.3. The van der Waals surface area contributed by atoms with Crippen molar-refractivity contribution >= 4 is 59.9 Å². The minimum atomic E-state index is -0.369. The topological polar surface area (TPSA) is 74.8 Å².